The molecule has 1 N–H and O–H groups in total. The number of nitrogens with zero attached hydrogens (tertiary/aromatic N) is 1. The number of hydrogen-bond acceptors (Lipinski definition) is 2. The molecule has 4 nitrogen and oxygen atoms in total. The number of aliphatic carboxylic acids is 1. The lowest BCUT2D eigenvalue weighted by atomic mass is 9.97. The molecule has 1 aromatic heterocycles. The van der Waals surface area contributed by atoms with Gasteiger partial charge in [-0.15, -0.1) is 0 Å². The van der Waals surface area contributed by atoms with Crippen molar-refractivity contribution >= 4 is 40.1 Å². The highest BCUT2D eigenvalue weighted by Crippen LogP contribution is 2.27. The van der Waals surface area contributed by atoms with E-state index in [1.54, 1.807) is 41.8 Å². The fourth-order valence-corrected chi connectivity index (χ4v) is 3.11. The Morgan fingerprint density at radius 3 is 2.36 bits per heavy atom. The van der Waals surface area contributed by atoms with Gasteiger partial charge in [0, 0.05) is 21.5 Å². The third kappa shape index (κ3) is 3.55. The van der Waals surface area contributed by atoms with Gasteiger partial charge in [-0.25, -0.2) is 0 Å². The number of pyridine rings is 1. The zero-order valence-corrected chi connectivity index (χ0v) is 14.9. The minimum absolute atomic E-state index is 0.257. The lowest BCUT2D eigenvalue weighted by Crippen LogP contribution is -2.23. The molecule has 0 saturated heterocycles. The van der Waals surface area contributed by atoms with Gasteiger partial charge in [0.05, 0.1) is 18.0 Å². The van der Waals surface area contributed by atoms with Gasteiger partial charge >= 0.3 is 5.97 Å². The predicted octanol–water partition coefficient (Wildman–Crippen LogP) is 4.54. The Morgan fingerprint density at radius 1 is 1.08 bits per heavy atom. The van der Waals surface area contributed by atoms with E-state index in [0.717, 1.165) is 5.56 Å². The number of rotatable bonds is 4. The summed E-state index contributed by atoms with van der Waals surface area (Å²) in [6.45, 7) is 1.91. The van der Waals surface area contributed by atoms with E-state index in [1.807, 2.05) is 12.1 Å². The molecule has 0 fully saturated rings. The number of carboxylic acids is 1. The Hall–Kier alpha value is -2.30. The summed E-state index contributed by atoms with van der Waals surface area (Å²) in [6, 6.07) is 13.7. The van der Waals surface area contributed by atoms with E-state index in [2.05, 4.69) is 0 Å². The first kappa shape index (κ1) is 17.5. The van der Waals surface area contributed by atoms with E-state index in [0.29, 0.717) is 33.1 Å². The van der Waals surface area contributed by atoms with Crippen LogP contribution >= 0.6 is 23.2 Å². The molecule has 0 aliphatic rings. The van der Waals surface area contributed by atoms with Crippen LogP contribution in [0.15, 0.2) is 53.3 Å². The topological polar surface area (TPSA) is 59.3 Å². The van der Waals surface area contributed by atoms with Gasteiger partial charge in [0.25, 0.3) is 5.56 Å². The first-order chi connectivity index (χ1) is 11.9. The minimum Gasteiger partial charge on any atom is -0.481 e. The molecule has 0 spiro atoms. The van der Waals surface area contributed by atoms with E-state index >= 15 is 0 Å². The van der Waals surface area contributed by atoms with E-state index in [9.17, 15) is 14.7 Å². The van der Waals surface area contributed by atoms with Crippen molar-refractivity contribution in [2.24, 2.45) is 0 Å². The normalized spacial score (nSPS) is 12.3. The van der Waals surface area contributed by atoms with Crippen LogP contribution in [0, 0.1) is 0 Å². The monoisotopic (exact) mass is 375 g/mol. The molecule has 0 bridgehead atoms. The Balaban J connectivity index is 2.21. The zero-order valence-electron chi connectivity index (χ0n) is 13.4. The summed E-state index contributed by atoms with van der Waals surface area (Å²) in [4.78, 5) is 24.0. The number of aromatic nitrogens is 1. The van der Waals surface area contributed by atoms with Crippen LogP contribution in [-0.4, -0.2) is 15.6 Å². The molecule has 3 rings (SSSR count). The molecule has 2 aromatic carbocycles. The quantitative estimate of drug-likeness (QED) is 0.727. The van der Waals surface area contributed by atoms with Gasteiger partial charge in [-0.3, -0.25) is 9.59 Å². The van der Waals surface area contributed by atoms with E-state index in [1.165, 1.54) is 6.07 Å². The average molecular weight is 376 g/mol. The molecular formula is C19H15Cl2NO3. The van der Waals surface area contributed by atoms with Crippen LogP contribution in [0.2, 0.25) is 10.0 Å². The van der Waals surface area contributed by atoms with E-state index in [4.69, 9.17) is 23.2 Å². The molecule has 1 heterocycles. The molecule has 0 aliphatic carbocycles. The Bertz CT molecular complexity index is 1010. The Kier molecular flexibility index (Phi) is 4.84. The maximum atomic E-state index is 12.6. The van der Waals surface area contributed by atoms with Crippen molar-refractivity contribution in [1.29, 1.82) is 0 Å². The lowest BCUT2D eigenvalue weighted by molar-refractivity contribution is -0.138. The van der Waals surface area contributed by atoms with Crippen molar-refractivity contribution in [2.45, 2.75) is 19.4 Å². The largest absolute Gasteiger partial charge is 0.481 e. The van der Waals surface area contributed by atoms with Gasteiger partial charge < -0.3 is 9.67 Å². The van der Waals surface area contributed by atoms with Crippen molar-refractivity contribution in [2.75, 3.05) is 0 Å². The smallest absolute Gasteiger partial charge is 0.310 e. The second kappa shape index (κ2) is 6.90. The number of carboxylic acid groups (broad SMARTS) is 1. The summed E-state index contributed by atoms with van der Waals surface area (Å²) in [5.41, 5.74) is 1.77. The summed E-state index contributed by atoms with van der Waals surface area (Å²) < 4.78 is 1.60. The Labute approximate surface area is 154 Å². The Morgan fingerprint density at radius 2 is 1.72 bits per heavy atom. The van der Waals surface area contributed by atoms with Gasteiger partial charge in [0.15, 0.2) is 0 Å². The molecular weight excluding hydrogens is 361 g/mol. The molecule has 6 heteroatoms. The van der Waals surface area contributed by atoms with Crippen LogP contribution in [0.4, 0.5) is 0 Å². The van der Waals surface area contributed by atoms with Crippen LogP contribution in [-0.2, 0) is 11.3 Å². The molecule has 1 unspecified atom stereocenters. The maximum Gasteiger partial charge on any atom is 0.310 e. The molecule has 1 atom stereocenters. The van der Waals surface area contributed by atoms with Crippen molar-refractivity contribution < 1.29 is 9.90 Å². The molecule has 0 radical (unpaired) electrons. The lowest BCUT2D eigenvalue weighted by Gasteiger charge is -2.16. The molecule has 128 valence electrons. The summed E-state index contributed by atoms with van der Waals surface area (Å²) in [6.07, 6.45) is 0. The summed E-state index contributed by atoms with van der Waals surface area (Å²) in [5.74, 6) is -1.80. The van der Waals surface area contributed by atoms with Crippen LogP contribution in [0.1, 0.15) is 24.0 Å². The highest BCUT2D eigenvalue weighted by molar-refractivity contribution is 6.31. The minimum atomic E-state index is -0.990. The van der Waals surface area contributed by atoms with Crippen molar-refractivity contribution in [1.82, 2.24) is 4.57 Å². The summed E-state index contributed by atoms with van der Waals surface area (Å²) >= 11 is 12.0. The highest BCUT2D eigenvalue weighted by atomic mass is 35.5. The van der Waals surface area contributed by atoms with Crippen molar-refractivity contribution in [3.05, 3.63) is 80.1 Å². The molecule has 0 amide bonds. The van der Waals surface area contributed by atoms with Crippen LogP contribution in [0.3, 0.4) is 0 Å². The third-order valence-corrected chi connectivity index (χ3v) is 4.68. The van der Waals surface area contributed by atoms with Crippen LogP contribution in [0.25, 0.3) is 10.9 Å². The molecule has 0 aliphatic heterocycles. The second-order valence-electron chi connectivity index (χ2n) is 5.87. The first-order valence-corrected chi connectivity index (χ1v) is 8.42. The maximum absolute atomic E-state index is 12.6. The fourth-order valence-electron chi connectivity index (χ4n) is 2.81. The number of hydrogen-bond donors (Lipinski definition) is 1. The molecule has 0 saturated carbocycles. The second-order valence-corrected chi connectivity index (χ2v) is 6.74. The SMILES string of the molecule is CC(C(=O)O)c1cc(=O)n(Cc2ccc(Cl)cc2)c2ccc(Cl)cc12. The molecule has 25 heavy (non-hydrogen) atoms. The molecule has 3 aromatic rings. The van der Waals surface area contributed by atoms with Crippen LogP contribution < -0.4 is 5.56 Å². The highest BCUT2D eigenvalue weighted by Gasteiger charge is 2.19. The third-order valence-electron chi connectivity index (χ3n) is 4.20. The van der Waals surface area contributed by atoms with Crippen molar-refractivity contribution in [3.63, 3.8) is 0 Å². The van der Waals surface area contributed by atoms with E-state index < -0.39 is 11.9 Å². The first-order valence-electron chi connectivity index (χ1n) is 7.67. The van der Waals surface area contributed by atoms with Gasteiger partial charge in [0.1, 0.15) is 0 Å². The van der Waals surface area contributed by atoms with Crippen molar-refractivity contribution in [3.8, 4) is 0 Å². The summed E-state index contributed by atoms with van der Waals surface area (Å²) in [7, 11) is 0. The van der Waals surface area contributed by atoms with Crippen LogP contribution in [0.5, 0.6) is 0 Å². The summed E-state index contributed by atoms with van der Waals surface area (Å²) in [5, 5.41) is 11.1. The predicted molar refractivity (Wildman–Crippen MR) is 99.8 cm³/mol. The van der Waals surface area contributed by atoms with Gasteiger partial charge in [-0.1, -0.05) is 35.3 Å². The number of benzene rings is 2. The number of fused-ring (bicyclic) bond motifs is 1. The fraction of sp³-hybridized carbons (Fsp3) is 0.158. The van der Waals surface area contributed by atoms with Gasteiger partial charge in [-0.05, 0) is 48.4 Å². The number of halogens is 2. The number of carbonyl (C=O) groups is 1. The standard InChI is InChI=1S/C19H15Cl2NO3/c1-11(19(24)25)15-9-18(23)22(10-12-2-4-13(20)5-3-12)17-7-6-14(21)8-16(15)17/h2-9,11H,10H2,1H3,(H,24,25). The zero-order chi connectivity index (χ0) is 18.1. The van der Waals surface area contributed by atoms with Gasteiger partial charge in [-0.2, -0.15) is 0 Å². The van der Waals surface area contributed by atoms with Gasteiger partial charge in [0.2, 0.25) is 0 Å². The van der Waals surface area contributed by atoms with E-state index in [-0.39, 0.29) is 5.56 Å². The average Bonchev–Trinajstić information content (AvgIpc) is 2.58.